The molecule has 1 fully saturated rings. The quantitative estimate of drug-likeness (QED) is 0.896. The Bertz CT molecular complexity index is 568. The van der Waals surface area contributed by atoms with Crippen LogP contribution in [0.1, 0.15) is 16.8 Å². The van der Waals surface area contributed by atoms with E-state index in [0.717, 1.165) is 12.1 Å². The summed E-state index contributed by atoms with van der Waals surface area (Å²) in [5.41, 5.74) is 0.0873. The molecular formula is C11H11ClFNO3S. The van der Waals surface area contributed by atoms with Crippen molar-refractivity contribution in [3.05, 3.63) is 34.6 Å². The van der Waals surface area contributed by atoms with Gasteiger partial charge in [0.05, 0.1) is 11.5 Å². The van der Waals surface area contributed by atoms with Crippen LogP contribution in [-0.2, 0) is 9.84 Å². The average Bonchev–Trinajstić information content (AvgIpc) is 2.56. The van der Waals surface area contributed by atoms with Gasteiger partial charge in [0.15, 0.2) is 9.84 Å². The van der Waals surface area contributed by atoms with Crippen molar-refractivity contribution in [2.45, 2.75) is 12.5 Å². The van der Waals surface area contributed by atoms with Crippen LogP contribution in [0, 0.1) is 5.82 Å². The zero-order valence-electron chi connectivity index (χ0n) is 9.32. The molecule has 1 aliphatic heterocycles. The lowest BCUT2D eigenvalue weighted by Gasteiger charge is -2.10. The molecule has 1 atom stereocenters. The number of sulfone groups is 1. The third-order valence-electron chi connectivity index (χ3n) is 2.69. The zero-order chi connectivity index (χ0) is 13.3. The standard InChI is InChI=1S/C11H11ClFNO3S/c12-8-3-7(4-9(13)5-8)11(15)14-10-1-2-18(16,17)6-10/h3-5,10H,1-2,6H2,(H,14,15). The summed E-state index contributed by atoms with van der Waals surface area (Å²) >= 11 is 5.64. The second kappa shape index (κ2) is 4.85. The number of amides is 1. The molecule has 0 saturated carbocycles. The number of hydrogen-bond acceptors (Lipinski definition) is 3. The Morgan fingerprint density at radius 1 is 1.39 bits per heavy atom. The van der Waals surface area contributed by atoms with E-state index >= 15 is 0 Å². The number of hydrogen-bond donors (Lipinski definition) is 1. The molecule has 1 aromatic rings. The SMILES string of the molecule is O=C(NC1CCS(=O)(=O)C1)c1cc(F)cc(Cl)c1. The molecule has 1 N–H and O–H groups in total. The predicted molar refractivity (Wildman–Crippen MR) is 65.9 cm³/mol. The molecule has 0 aliphatic carbocycles. The van der Waals surface area contributed by atoms with Crippen LogP contribution in [-0.4, -0.2) is 31.9 Å². The van der Waals surface area contributed by atoms with E-state index in [1.807, 2.05) is 0 Å². The van der Waals surface area contributed by atoms with Gasteiger partial charge in [0.2, 0.25) is 0 Å². The second-order valence-corrected chi connectivity index (χ2v) is 6.90. The van der Waals surface area contributed by atoms with Crippen LogP contribution >= 0.6 is 11.6 Å². The van der Waals surface area contributed by atoms with E-state index in [4.69, 9.17) is 11.6 Å². The monoisotopic (exact) mass is 291 g/mol. The van der Waals surface area contributed by atoms with Crippen LogP contribution in [0.4, 0.5) is 4.39 Å². The molecule has 1 saturated heterocycles. The van der Waals surface area contributed by atoms with Gasteiger partial charge in [-0.1, -0.05) is 11.6 Å². The fourth-order valence-electron chi connectivity index (χ4n) is 1.86. The Hall–Kier alpha value is -1.14. The molecule has 1 heterocycles. The summed E-state index contributed by atoms with van der Waals surface area (Å²) in [5, 5.41) is 2.69. The maximum atomic E-state index is 13.1. The van der Waals surface area contributed by atoms with Gasteiger partial charge in [0.1, 0.15) is 5.82 Å². The fraction of sp³-hybridized carbons (Fsp3) is 0.364. The highest BCUT2D eigenvalue weighted by Gasteiger charge is 2.29. The molecule has 0 bridgehead atoms. The van der Waals surface area contributed by atoms with Gasteiger partial charge in [-0.2, -0.15) is 0 Å². The van der Waals surface area contributed by atoms with E-state index in [2.05, 4.69) is 5.32 Å². The Morgan fingerprint density at radius 3 is 2.67 bits per heavy atom. The molecule has 0 spiro atoms. The second-order valence-electron chi connectivity index (χ2n) is 4.23. The first-order valence-corrected chi connectivity index (χ1v) is 7.53. The van der Waals surface area contributed by atoms with Crippen LogP contribution in [0.15, 0.2) is 18.2 Å². The van der Waals surface area contributed by atoms with Crippen molar-refractivity contribution < 1.29 is 17.6 Å². The number of carbonyl (C=O) groups excluding carboxylic acids is 1. The van der Waals surface area contributed by atoms with Crippen molar-refractivity contribution in [3.63, 3.8) is 0 Å². The minimum atomic E-state index is -3.05. The summed E-state index contributed by atoms with van der Waals surface area (Å²) in [6.07, 6.45) is 0.386. The van der Waals surface area contributed by atoms with Crippen LogP contribution in [0.25, 0.3) is 0 Å². The maximum Gasteiger partial charge on any atom is 0.251 e. The molecule has 98 valence electrons. The van der Waals surface area contributed by atoms with Gasteiger partial charge in [-0.25, -0.2) is 12.8 Å². The summed E-state index contributed by atoms with van der Waals surface area (Å²) < 4.78 is 35.5. The Balaban J connectivity index is 2.08. The first kappa shape index (κ1) is 13.3. The number of benzene rings is 1. The van der Waals surface area contributed by atoms with Crippen LogP contribution in [0.5, 0.6) is 0 Å². The average molecular weight is 292 g/mol. The topological polar surface area (TPSA) is 63.2 Å². The van der Waals surface area contributed by atoms with E-state index in [9.17, 15) is 17.6 Å². The third kappa shape index (κ3) is 3.20. The highest BCUT2D eigenvalue weighted by Crippen LogP contribution is 2.16. The summed E-state index contributed by atoms with van der Waals surface area (Å²) in [5.74, 6) is -1.12. The first-order valence-electron chi connectivity index (χ1n) is 5.33. The van der Waals surface area contributed by atoms with Gasteiger partial charge < -0.3 is 5.32 Å². The van der Waals surface area contributed by atoms with Crippen molar-refractivity contribution in [1.82, 2.24) is 5.32 Å². The van der Waals surface area contributed by atoms with E-state index in [1.165, 1.54) is 6.07 Å². The van der Waals surface area contributed by atoms with E-state index in [0.29, 0.717) is 6.42 Å². The summed E-state index contributed by atoms with van der Waals surface area (Å²) in [7, 11) is -3.05. The van der Waals surface area contributed by atoms with Crippen molar-refractivity contribution in [2.75, 3.05) is 11.5 Å². The summed E-state index contributed by atoms with van der Waals surface area (Å²) in [4.78, 5) is 11.8. The lowest BCUT2D eigenvalue weighted by atomic mass is 10.2. The fourth-order valence-corrected chi connectivity index (χ4v) is 3.76. The first-order chi connectivity index (χ1) is 8.35. The van der Waals surface area contributed by atoms with Crippen LogP contribution in [0.3, 0.4) is 0 Å². The minimum Gasteiger partial charge on any atom is -0.348 e. The molecule has 0 aromatic heterocycles. The lowest BCUT2D eigenvalue weighted by molar-refractivity contribution is 0.0940. The van der Waals surface area contributed by atoms with E-state index in [-0.39, 0.29) is 22.1 Å². The molecule has 4 nitrogen and oxygen atoms in total. The highest BCUT2D eigenvalue weighted by atomic mass is 35.5. The molecule has 18 heavy (non-hydrogen) atoms. The largest absolute Gasteiger partial charge is 0.348 e. The normalized spacial score (nSPS) is 21.8. The van der Waals surface area contributed by atoms with Crippen molar-refractivity contribution >= 4 is 27.3 Å². The van der Waals surface area contributed by atoms with E-state index in [1.54, 1.807) is 0 Å². The van der Waals surface area contributed by atoms with Crippen molar-refractivity contribution in [1.29, 1.82) is 0 Å². The predicted octanol–water partition coefficient (Wildman–Crippen LogP) is 1.40. The summed E-state index contributed by atoms with van der Waals surface area (Å²) in [6.45, 7) is 0. The number of rotatable bonds is 2. The third-order valence-corrected chi connectivity index (χ3v) is 4.68. The molecule has 2 rings (SSSR count). The van der Waals surface area contributed by atoms with Gasteiger partial charge in [0.25, 0.3) is 5.91 Å². The van der Waals surface area contributed by atoms with Crippen LogP contribution < -0.4 is 5.32 Å². The number of nitrogens with one attached hydrogen (secondary N) is 1. The van der Waals surface area contributed by atoms with Crippen molar-refractivity contribution in [3.8, 4) is 0 Å². The smallest absolute Gasteiger partial charge is 0.251 e. The highest BCUT2D eigenvalue weighted by molar-refractivity contribution is 7.91. The van der Waals surface area contributed by atoms with Crippen LogP contribution in [0.2, 0.25) is 5.02 Å². The Kier molecular flexibility index (Phi) is 3.59. The molecule has 7 heteroatoms. The number of carbonyl (C=O) groups is 1. The van der Waals surface area contributed by atoms with E-state index < -0.39 is 27.6 Å². The maximum absolute atomic E-state index is 13.1. The molecule has 1 amide bonds. The molecule has 1 aromatic carbocycles. The lowest BCUT2D eigenvalue weighted by Crippen LogP contribution is -2.35. The Labute approximate surface area is 109 Å². The van der Waals surface area contributed by atoms with Gasteiger partial charge >= 0.3 is 0 Å². The van der Waals surface area contributed by atoms with Gasteiger partial charge in [-0.05, 0) is 24.6 Å². The summed E-state index contributed by atoms with van der Waals surface area (Å²) in [6, 6.07) is 3.08. The molecule has 1 aliphatic rings. The molecule has 1 unspecified atom stereocenters. The van der Waals surface area contributed by atoms with Gasteiger partial charge in [0, 0.05) is 16.6 Å². The molecule has 0 radical (unpaired) electrons. The zero-order valence-corrected chi connectivity index (χ0v) is 10.9. The van der Waals surface area contributed by atoms with Gasteiger partial charge in [-0.3, -0.25) is 4.79 Å². The molecular weight excluding hydrogens is 281 g/mol. The minimum absolute atomic E-state index is 0.0677. The Morgan fingerprint density at radius 2 is 2.11 bits per heavy atom. The number of halogens is 2. The van der Waals surface area contributed by atoms with Gasteiger partial charge in [-0.15, -0.1) is 0 Å². The van der Waals surface area contributed by atoms with Crippen molar-refractivity contribution in [2.24, 2.45) is 0 Å².